The molecule has 0 atom stereocenters. The number of carbonyl (C=O) groups is 3. The zero-order chi connectivity index (χ0) is 19.1. The first-order chi connectivity index (χ1) is 12.4. The summed E-state index contributed by atoms with van der Waals surface area (Å²) in [4.78, 5) is 35.4. The van der Waals surface area contributed by atoms with Crippen LogP contribution < -0.4 is 10.1 Å². The van der Waals surface area contributed by atoms with Crippen molar-refractivity contribution in [2.24, 2.45) is 0 Å². The molecule has 0 bridgehead atoms. The van der Waals surface area contributed by atoms with Crippen molar-refractivity contribution in [1.82, 2.24) is 5.32 Å². The van der Waals surface area contributed by atoms with Crippen LogP contribution in [0.5, 0.6) is 5.75 Å². The summed E-state index contributed by atoms with van der Waals surface area (Å²) in [7, 11) is 1.31. The normalized spacial score (nSPS) is 10.1. The molecule has 0 heterocycles. The maximum Gasteiger partial charge on any atom is 0.325 e. The van der Waals surface area contributed by atoms with Crippen LogP contribution in [0.15, 0.2) is 42.5 Å². The molecule has 0 spiro atoms. The predicted molar refractivity (Wildman–Crippen MR) is 87.0 cm³/mol. The van der Waals surface area contributed by atoms with Crippen LogP contribution in [0.4, 0.5) is 8.78 Å². The van der Waals surface area contributed by atoms with E-state index < -0.39 is 42.4 Å². The third-order valence-corrected chi connectivity index (χ3v) is 3.34. The van der Waals surface area contributed by atoms with Crippen molar-refractivity contribution in [1.29, 1.82) is 0 Å². The highest BCUT2D eigenvalue weighted by Crippen LogP contribution is 2.19. The number of esters is 1. The van der Waals surface area contributed by atoms with E-state index >= 15 is 0 Å². The van der Waals surface area contributed by atoms with Crippen molar-refractivity contribution < 1.29 is 32.6 Å². The van der Waals surface area contributed by atoms with E-state index in [9.17, 15) is 23.2 Å². The van der Waals surface area contributed by atoms with Crippen molar-refractivity contribution in [3.63, 3.8) is 0 Å². The molecule has 0 fully saturated rings. The third-order valence-electron chi connectivity index (χ3n) is 3.34. The maximum atomic E-state index is 13.4. The van der Waals surface area contributed by atoms with Crippen LogP contribution in [0.1, 0.15) is 20.7 Å². The van der Waals surface area contributed by atoms with E-state index in [0.717, 1.165) is 18.2 Å². The summed E-state index contributed by atoms with van der Waals surface area (Å²) < 4.78 is 36.4. The van der Waals surface area contributed by atoms with Crippen LogP contribution in [0.25, 0.3) is 0 Å². The van der Waals surface area contributed by atoms with Gasteiger partial charge < -0.3 is 14.8 Å². The number of rotatable bonds is 7. The molecule has 26 heavy (non-hydrogen) atoms. The number of ether oxygens (including phenoxy) is 2. The number of carbonyl (C=O) groups excluding carboxylic acids is 3. The number of ketones is 1. The number of amides is 1. The molecule has 1 N–H and O–H groups in total. The summed E-state index contributed by atoms with van der Waals surface area (Å²) in [5, 5.41) is 2.19. The zero-order valence-corrected chi connectivity index (χ0v) is 13.8. The Morgan fingerprint density at radius 1 is 1.04 bits per heavy atom. The molecule has 0 saturated carbocycles. The lowest BCUT2D eigenvalue weighted by molar-refractivity contribution is -0.141. The second-order valence-electron chi connectivity index (χ2n) is 5.09. The Kier molecular flexibility index (Phi) is 6.37. The van der Waals surface area contributed by atoms with Crippen molar-refractivity contribution in [3.05, 3.63) is 65.2 Å². The molecule has 0 radical (unpaired) electrons. The van der Waals surface area contributed by atoms with Gasteiger partial charge >= 0.3 is 5.97 Å². The van der Waals surface area contributed by atoms with Crippen LogP contribution in [0, 0.1) is 11.6 Å². The Labute approximate surface area is 147 Å². The Morgan fingerprint density at radius 2 is 1.77 bits per heavy atom. The zero-order valence-electron chi connectivity index (χ0n) is 13.8. The largest absolute Gasteiger partial charge is 0.496 e. The summed E-state index contributed by atoms with van der Waals surface area (Å²) in [5.74, 6) is -3.60. The van der Waals surface area contributed by atoms with Crippen molar-refractivity contribution in [2.45, 2.75) is 0 Å². The number of benzene rings is 2. The van der Waals surface area contributed by atoms with Gasteiger partial charge in [0.15, 0.2) is 6.61 Å². The standard InChI is InChI=1S/C18H15F2NO5/c1-25-16-7-6-11(19)8-13(16)15(22)10-26-17(23)9-21-18(24)12-4-2-3-5-14(12)20/h2-8H,9-10H2,1H3,(H,21,24). The average Bonchev–Trinajstić information content (AvgIpc) is 2.64. The molecule has 0 aliphatic carbocycles. The molecule has 0 aliphatic rings. The molecule has 0 unspecified atom stereocenters. The monoisotopic (exact) mass is 363 g/mol. The van der Waals surface area contributed by atoms with Gasteiger partial charge in [-0.2, -0.15) is 0 Å². The topological polar surface area (TPSA) is 81.7 Å². The minimum absolute atomic E-state index is 0.0734. The molecule has 136 valence electrons. The van der Waals surface area contributed by atoms with E-state index in [-0.39, 0.29) is 16.9 Å². The van der Waals surface area contributed by atoms with Gasteiger partial charge in [0.25, 0.3) is 5.91 Å². The van der Waals surface area contributed by atoms with E-state index in [0.29, 0.717) is 0 Å². The molecule has 0 aromatic heterocycles. The highest BCUT2D eigenvalue weighted by Gasteiger charge is 2.17. The van der Waals surface area contributed by atoms with Gasteiger partial charge in [0.2, 0.25) is 5.78 Å². The van der Waals surface area contributed by atoms with Crippen molar-refractivity contribution in [3.8, 4) is 5.75 Å². The van der Waals surface area contributed by atoms with Gasteiger partial charge in [-0.3, -0.25) is 14.4 Å². The molecule has 2 aromatic carbocycles. The lowest BCUT2D eigenvalue weighted by Gasteiger charge is -2.09. The van der Waals surface area contributed by atoms with Gasteiger partial charge in [-0.15, -0.1) is 0 Å². The van der Waals surface area contributed by atoms with E-state index in [2.05, 4.69) is 5.32 Å². The Balaban J connectivity index is 1.87. The molecular formula is C18H15F2NO5. The summed E-state index contributed by atoms with van der Waals surface area (Å²) in [6, 6.07) is 8.63. The number of hydrogen-bond acceptors (Lipinski definition) is 5. The van der Waals surface area contributed by atoms with E-state index in [4.69, 9.17) is 9.47 Å². The van der Waals surface area contributed by atoms with Crippen LogP contribution in [-0.4, -0.2) is 37.9 Å². The van der Waals surface area contributed by atoms with Gasteiger partial charge in [0.05, 0.1) is 18.2 Å². The molecular weight excluding hydrogens is 348 g/mol. The van der Waals surface area contributed by atoms with Gasteiger partial charge in [-0.05, 0) is 30.3 Å². The average molecular weight is 363 g/mol. The smallest absolute Gasteiger partial charge is 0.325 e. The summed E-state index contributed by atoms with van der Waals surface area (Å²) in [6.07, 6.45) is 0. The lowest BCUT2D eigenvalue weighted by Crippen LogP contribution is -2.32. The lowest BCUT2D eigenvalue weighted by atomic mass is 10.1. The molecule has 0 saturated heterocycles. The first-order valence-corrected chi connectivity index (χ1v) is 7.47. The van der Waals surface area contributed by atoms with Crippen LogP contribution >= 0.6 is 0 Å². The van der Waals surface area contributed by atoms with Gasteiger partial charge in [0.1, 0.15) is 23.9 Å². The first-order valence-electron chi connectivity index (χ1n) is 7.47. The van der Waals surface area contributed by atoms with Crippen LogP contribution in [0.3, 0.4) is 0 Å². The third kappa shape index (κ3) is 4.85. The van der Waals surface area contributed by atoms with Crippen molar-refractivity contribution in [2.75, 3.05) is 20.3 Å². The van der Waals surface area contributed by atoms with Crippen LogP contribution in [-0.2, 0) is 9.53 Å². The second kappa shape index (κ2) is 8.70. The minimum Gasteiger partial charge on any atom is -0.496 e. The van der Waals surface area contributed by atoms with E-state index in [1.54, 1.807) is 0 Å². The molecule has 2 rings (SSSR count). The SMILES string of the molecule is COc1ccc(F)cc1C(=O)COC(=O)CNC(=O)c1ccccc1F. The highest BCUT2D eigenvalue weighted by molar-refractivity contribution is 6.00. The highest BCUT2D eigenvalue weighted by atomic mass is 19.1. The molecule has 2 aromatic rings. The molecule has 8 heteroatoms. The number of hydrogen-bond donors (Lipinski definition) is 1. The number of methoxy groups -OCH3 is 1. The Morgan fingerprint density at radius 3 is 2.46 bits per heavy atom. The fourth-order valence-electron chi connectivity index (χ4n) is 2.07. The Hall–Kier alpha value is -3.29. The van der Waals surface area contributed by atoms with E-state index in [1.807, 2.05) is 0 Å². The molecule has 6 nitrogen and oxygen atoms in total. The van der Waals surface area contributed by atoms with Crippen molar-refractivity contribution >= 4 is 17.7 Å². The van der Waals surface area contributed by atoms with Gasteiger partial charge in [-0.1, -0.05) is 12.1 Å². The summed E-state index contributed by atoms with van der Waals surface area (Å²) >= 11 is 0. The minimum atomic E-state index is -0.904. The Bertz CT molecular complexity index is 838. The molecule has 1 amide bonds. The number of halogens is 2. The maximum absolute atomic E-state index is 13.4. The second-order valence-corrected chi connectivity index (χ2v) is 5.09. The first kappa shape index (κ1) is 19.0. The fourth-order valence-corrected chi connectivity index (χ4v) is 2.07. The van der Waals surface area contributed by atoms with Gasteiger partial charge in [-0.25, -0.2) is 8.78 Å². The number of Topliss-reactive ketones (excluding diaryl/α,β-unsaturated/α-hetero) is 1. The summed E-state index contributed by atoms with van der Waals surface area (Å²) in [6.45, 7) is -1.21. The number of nitrogens with one attached hydrogen (secondary N) is 1. The molecule has 0 aliphatic heterocycles. The van der Waals surface area contributed by atoms with Crippen LogP contribution in [0.2, 0.25) is 0 Å². The fraction of sp³-hybridized carbons (Fsp3) is 0.167. The predicted octanol–water partition coefficient (Wildman–Crippen LogP) is 2.13. The van der Waals surface area contributed by atoms with Gasteiger partial charge in [0, 0.05) is 0 Å². The summed E-state index contributed by atoms with van der Waals surface area (Å²) in [5.41, 5.74) is -0.295. The quantitative estimate of drug-likeness (QED) is 0.602. The van der Waals surface area contributed by atoms with E-state index in [1.165, 1.54) is 31.4 Å².